The third kappa shape index (κ3) is 4.56. The van der Waals surface area contributed by atoms with Crippen molar-refractivity contribution in [2.75, 3.05) is 11.0 Å². The van der Waals surface area contributed by atoms with Gasteiger partial charge in [-0.25, -0.2) is 0 Å². The number of halogens is 1. The van der Waals surface area contributed by atoms with E-state index < -0.39 is 10.8 Å². The van der Waals surface area contributed by atoms with E-state index in [4.69, 9.17) is 17.3 Å². The van der Waals surface area contributed by atoms with Gasteiger partial charge in [-0.05, 0) is 6.92 Å². The van der Waals surface area contributed by atoms with Crippen molar-refractivity contribution in [1.82, 2.24) is 0 Å². The maximum absolute atomic E-state index is 10.5. The first kappa shape index (κ1) is 8.40. The van der Waals surface area contributed by atoms with Crippen molar-refractivity contribution in [2.45, 2.75) is 13.0 Å². The van der Waals surface area contributed by atoms with Crippen molar-refractivity contribution in [3.8, 4) is 0 Å². The zero-order chi connectivity index (χ0) is 6.57. The van der Waals surface area contributed by atoms with E-state index in [2.05, 4.69) is 0 Å². The van der Waals surface area contributed by atoms with Crippen LogP contribution < -0.4 is 5.73 Å². The second-order valence-electron chi connectivity index (χ2n) is 1.69. The molecule has 0 rings (SSSR count). The highest BCUT2D eigenvalue weighted by Gasteiger charge is 1.99. The van der Waals surface area contributed by atoms with Gasteiger partial charge in [0, 0.05) is 22.6 Å². The van der Waals surface area contributed by atoms with Crippen LogP contribution in [0.25, 0.3) is 0 Å². The van der Waals surface area contributed by atoms with Crippen molar-refractivity contribution in [3.63, 3.8) is 0 Å². The van der Waals surface area contributed by atoms with E-state index in [1.54, 1.807) is 0 Å². The Morgan fingerprint density at radius 1 is 1.88 bits per heavy atom. The maximum Gasteiger partial charge on any atom is 0.0980 e. The van der Waals surface area contributed by atoms with Crippen LogP contribution in [0.5, 0.6) is 0 Å². The number of hydrogen-bond donors (Lipinski definition) is 1. The smallest absolute Gasteiger partial charge is 0.0980 e. The van der Waals surface area contributed by atoms with Gasteiger partial charge in [0.1, 0.15) is 0 Å². The fraction of sp³-hybridized carbons (Fsp3) is 1.00. The van der Waals surface area contributed by atoms with Gasteiger partial charge in [-0.15, -0.1) is 11.6 Å². The molecular weight excluding hydrogens is 146 g/mol. The molecule has 8 heavy (non-hydrogen) atoms. The summed E-state index contributed by atoms with van der Waals surface area (Å²) in [5, 5.41) is 0.196. The summed E-state index contributed by atoms with van der Waals surface area (Å²) in [5.41, 5.74) is 5.32. The predicted octanol–water partition coefficient (Wildman–Crippen LogP) is 0.279. The molecule has 0 fully saturated rings. The first-order chi connectivity index (χ1) is 3.66. The topological polar surface area (TPSA) is 43.1 Å². The standard InChI is InChI=1S/C4H10ClNOS/c1-4(6)2-8(7)3-5/h4H,2-3,6H2,1H3. The highest BCUT2D eigenvalue weighted by atomic mass is 35.5. The average molecular weight is 156 g/mol. The van der Waals surface area contributed by atoms with Crippen molar-refractivity contribution >= 4 is 22.4 Å². The lowest BCUT2D eigenvalue weighted by Gasteiger charge is -1.99. The van der Waals surface area contributed by atoms with Gasteiger partial charge < -0.3 is 5.73 Å². The van der Waals surface area contributed by atoms with Gasteiger partial charge in [-0.2, -0.15) is 0 Å². The molecule has 0 radical (unpaired) electrons. The van der Waals surface area contributed by atoms with Gasteiger partial charge in [-0.3, -0.25) is 4.21 Å². The summed E-state index contributed by atoms with van der Waals surface area (Å²) >= 11 is 5.24. The van der Waals surface area contributed by atoms with Crippen molar-refractivity contribution in [1.29, 1.82) is 0 Å². The molecule has 0 aliphatic carbocycles. The quantitative estimate of drug-likeness (QED) is 0.595. The summed E-state index contributed by atoms with van der Waals surface area (Å²) < 4.78 is 10.5. The molecule has 2 unspecified atom stereocenters. The van der Waals surface area contributed by atoms with Crippen LogP contribution in [-0.2, 0) is 10.8 Å². The van der Waals surface area contributed by atoms with E-state index >= 15 is 0 Å². The molecule has 0 spiro atoms. The van der Waals surface area contributed by atoms with Crippen LogP contribution in [-0.4, -0.2) is 21.2 Å². The highest BCUT2D eigenvalue weighted by Crippen LogP contribution is 1.87. The number of nitrogens with two attached hydrogens (primary N) is 1. The Morgan fingerprint density at radius 2 is 2.38 bits per heavy atom. The van der Waals surface area contributed by atoms with E-state index in [9.17, 15) is 4.21 Å². The molecule has 0 heterocycles. The Kier molecular flexibility index (Phi) is 4.51. The first-order valence-electron chi connectivity index (χ1n) is 2.33. The Labute approximate surface area is 56.9 Å². The molecule has 2 nitrogen and oxygen atoms in total. The molecule has 0 bridgehead atoms. The molecule has 0 aromatic heterocycles. The van der Waals surface area contributed by atoms with Crippen LogP contribution in [0.15, 0.2) is 0 Å². The van der Waals surface area contributed by atoms with E-state index in [0.29, 0.717) is 5.75 Å². The molecule has 0 aromatic rings. The van der Waals surface area contributed by atoms with Crippen molar-refractivity contribution < 1.29 is 4.21 Å². The molecule has 0 saturated carbocycles. The largest absolute Gasteiger partial charge is 0.327 e. The second kappa shape index (κ2) is 4.30. The van der Waals surface area contributed by atoms with Gasteiger partial charge in [0.25, 0.3) is 0 Å². The molecule has 0 aliphatic heterocycles. The Morgan fingerprint density at radius 3 is 2.50 bits per heavy atom. The van der Waals surface area contributed by atoms with E-state index in [0.717, 1.165) is 0 Å². The summed E-state index contributed by atoms with van der Waals surface area (Å²) in [6.45, 7) is 1.81. The van der Waals surface area contributed by atoms with Crippen molar-refractivity contribution in [3.05, 3.63) is 0 Å². The summed E-state index contributed by atoms with van der Waals surface area (Å²) in [7, 11) is -0.917. The summed E-state index contributed by atoms with van der Waals surface area (Å²) in [6, 6.07) is -0.00502. The monoisotopic (exact) mass is 155 g/mol. The van der Waals surface area contributed by atoms with Crippen LogP contribution in [0.2, 0.25) is 0 Å². The molecule has 2 N–H and O–H groups in total. The first-order valence-corrected chi connectivity index (χ1v) is 4.35. The number of alkyl halides is 1. The molecular formula is C4H10ClNOS. The van der Waals surface area contributed by atoms with Gasteiger partial charge in [-0.1, -0.05) is 0 Å². The van der Waals surface area contributed by atoms with Gasteiger partial charge in [0.15, 0.2) is 0 Å². The zero-order valence-electron chi connectivity index (χ0n) is 4.76. The summed E-state index contributed by atoms with van der Waals surface area (Å²) in [6.07, 6.45) is 0. The van der Waals surface area contributed by atoms with Gasteiger partial charge >= 0.3 is 0 Å². The minimum Gasteiger partial charge on any atom is -0.327 e. The van der Waals surface area contributed by atoms with Crippen LogP contribution in [0.4, 0.5) is 0 Å². The second-order valence-corrected chi connectivity index (χ2v) is 3.78. The normalized spacial score (nSPS) is 17.9. The molecule has 2 atom stereocenters. The maximum atomic E-state index is 10.5. The average Bonchev–Trinajstić information content (AvgIpc) is 1.65. The third-order valence-electron chi connectivity index (χ3n) is 0.570. The predicted molar refractivity (Wildman–Crippen MR) is 37.4 cm³/mol. The molecule has 0 aliphatic rings. The van der Waals surface area contributed by atoms with Crippen LogP contribution >= 0.6 is 11.6 Å². The van der Waals surface area contributed by atoms with Crippen LogP contribution in [0.1, 0.15) is 6.92 Å². The Balaban J connectivity index is 3.25. The molecule has 0 amide bonds. The van der Waals surface area contributed by atoms with Crippen LogP contribution in [0, 0.1) is 0 Å². The minimum absolute atomic E-state index is 0.00502. The minimum atomic E-state index is -0.917. The summed E-state index contributed by atoms with van der Waals surface area (Å²) in [4.78, 5) is 0. The molecule has 0 aromatic carbocycles. The van der Waals surface area contributed by atoms with E-state index in [-0.39, 0.29) is 11.3 Å². The summed E-state index contributed by atoms with van der Waals surface area (Å²) in [5.74, 6) is 0.503. The Hall–Kier alpha value is 0.400. The zero-order valence-corrected chi connectivity index (χ0v) is 6.34. The van der Waals surface area contributed by atoms with Gasteiger partial charge in [0.2, 0.25) is 0 Å². The van der Waals surface area contributed by atoms with Crippen molar-refractivity contribution in [2.24, 2.45) is 5.73 Å². The fourth-order valence-corrected chi connectivity index (χ4v) is 1.28. The lowest BCUT2D eigenvalue weighted by atomic mass is 10.4. The number of rotatable bonds is 3. The molecule has 0 saturated heterocycles. The third-order valence-corrected chi connectivity index (χ3v) is 2.44. The lowest BCUT2D eigenvalue weighted by Crippen LogP contribution is -2.23. The fourth-order valence-electron chi connectivity index (χ4n) is 0.338. The lowest BCUT2D eigenvalue weighted by molar-refractivity contribution is 0.679. The van der Waals surface area contributed by atoms with E-state index in [1.165, 1.54) is 0 Å². The van der Waals surface area contributed by atoms with Gasteiger partial charge in [0.05, 0.1) is 5.21 Å². The highest BCUT2D eigenvalue weighted by molar-refractivity contribution is 7.86. The molecule has 4 heteroatoms. The molecule has 50 valence electrons. The Bertz CT molecular complexity index is 86.1. The van der Waals surface area contributed by atoms with E-state index in [1.807, 2.05) is 6.92 Å². The van der Waals surface area contributed by atoms with Crippen LogP contribution in [0.3, 0.4) is 0 Å². The number of hydrogen-bond acceptors (Lipinski definition) is 2. The SMILES string of the molecule is CC(N)CS(=O)CCl.